The Morgan fingerprint density at radius 1 is 1.20 bits per heavy atom. The topological polar surface area (TPSA) is 97.9 Å². The van der Waals surface area contributed by atoms with Gasteiger partial charge in [0.25, 0.3) is 5.91 Å². The Morgan fingerprint density at radius 3 is 2.52 bits per heavy atom. The molecule has 8 nitrogen and oxygen atoms in total. The van der Waals surface area contributed by atoms with Crippen LogP contribution in [0.25, 0.3) is 0 Å². The second-order valence-corrected chi connectivity index (χ2v) is 6.03. The van der Waals surface area contributed by atoms with Crippen LogP contribution in [0.1, 0.15) is 24.4 Å². The number of nitrogens with zero attached hydrogens (tertiary/aromatic N) is 2. The van der Waals surface area contributed by atoms with Gasteiger partial charge in [0.15, 0.2) is 5.76 Å². The second kappa shape index (κ2) is 6.94. The zero-order valence-corrected chi connectivity index (χ0v) is 14.0. The van der Waals surface area contributed by atoms with Crippen molar-refractivity contribution in [3.63, 3.8) is 0 Å². The Hall–Kier alpha value is -2.87. The van der Waals surface area contributed by atoms with Crippen LogP contribution < -0.4 is 10.2 Å². The summed E-state index contributed by atoms with van der Waals surface area (Å²) in [4.78, 5) is 24.5. The van der Waals surface area contributed by atoms with E-state index in [-0.39, 0.29) is 18.0 Å². The predicted molar refractivity (Wildman–Crippen MR) is 92.0 cm³/mol. The van der Waals surface area contributed by atoms with Crippen molar-refractivity contribution < 1.29 is 18.9 Å². The molecular weight excluding hydrogens is 326 g/mol. The molecule has 1 fully saturated rings. The minimum absolute atomic E-state index is 0.0835. The second-order valence-electron chi connectivity index (χ2n) is 6.03. The summed E-state index contributed by atoms with van der Waals surface area (Å²) in [6.45, 7) is 5.44. The van der Waals surface area contributed by atoms with E-state index in [2.05, 4.69) is 10.2 Å². The fourth-order valence-corrected chi connectivity index (χ4v) is 2.96. The number of anilines is 2. The van der Waals surface area contributed by atoms with Crippen LogP contribution in [0, 0.1) is 10.1 Å². The summed E-state index contributed by atoms with van der Waals surface area (Å²) in [5, 5.41) is 13.4. The summed E-state index contributed by atoms with van der Waals surface area (Å²) in [6.07, 6.45) is 0.167. The molecule has 0 unspecified atom stereocenters. The van der Waals surface area contributed by atoms with Crippen molar-refractivity contribution in [3.8, 4) is 0 Å². The van der Waals surface area contributed by atoms with Gasteiger partial charge in [-0.2, -0.15) is 0 Å². The molecule has 0 saturated carbocycles. The first-order valence-corrected chi connectivity index (χ1v) is 7.99. The molecule has 2 atom stereocenters. The molecule has 1 aliphatic rings. The third-order valence-electron chi connectivity index (χ3n) is 3.91. The predicted octanol–water partition coefficient (Wildman–Crippen LogP) is 3.05. The summed E-state index contributed by atoms with van der Waals surface area (Å²) < 4.78 is 10.7. The number of nitro groups is 1. The van der Waals surface area contributed by atoms with Gasteiger partial charge >= 0.3 is 5.88 Å². The van der Waals surface area contributed by atoms with Gasteiger partial charge in [-0.1, -0.05) is 12.1 Å². The number of morpholine rings is 1. The van der Waals surface area contributed by atoms with Gasteiger partial charge in [-0.15, -0.1) is 0 Å². The number of carbonyl (C=O) groups is 1. The molecule has 1 aliphatic heterocycles. The number of carbonyl (C=O) groups excluding carboxylic acids is 1. The molecule has 0 spiro atoms. The maximum atomic E-state index is 12.3. The Morgan fingerprint density at radius 2 is 1.88 bits per heavy atom. The first-order valence-electron chi connectivity index (χ1n) is 7.99. The molecule has 25 heavy (non-hydrogen) atoms. The maximum Gasteiger partial charge on any atom is 0.433 e. The molecule has 2 heterocycles. The first kappa shape index (κ1) is 17.0. The number of benzene rings is 1. The number of furan rings is 1. The van der Waals surface area contributed by atoms with E-state index < -0.39 is 16.7 Å². The summed E-state index contributed by atoms with van der Waals surface area (Å²) in [7, 11) is 0. The highest BCUT2D eigenvalue weighted by atomic mass is 16.6. The van der Waals surface area contributed by atoms with Crippen LogP contribution in [0.4, 0.5) is 17.3 Å². The van der Waals surface area contributed by atoms with Crippen LogP contribution in [0.2, 0.25) is 0 Å². The van der Waals surface area contributed by atoms with E-state index in [4.69, 9.17) is 9.15 Å². The minimum Gasteiger partial charge on any atom is -0.395 e. The van der Waals surface area contributed by atoms with E-state index in [0.717, 1.165) is 11.8 Å². The molecule has 1 aromatic carbocycles. The fraction of sp³-hybridized carbons (Fsp3) is 0.353. The number of rotatable bonds is 4. The van der Waals surface area contributed by atoms with Gasteiger partial charge < -0.3 is 19.4 Å². The van der Waals surface area contributed by atoms with Crippen molar-refractivity contribution in [1.82, 2.24) is 0 Å². The molecule has 0 bridgehead atoms. The molecule has 0 aliphatic carbocycles. The quantitative estimate of drug-likeness (QED) is 0.675. The fourth-order valence-electron chi connectivity index (χ4n) is 2.96. The van der Waals surface area contributed by atoms with Crippen molar-refractivity contribution in [2.24, 2.45) is 0 Å². The molecule has 1 amide bonds. The smallest absolute Gasteiger partial charge is 0.395 e. The maximum absolute atomic E-state index is 12.3. The lowest BCUT2D eigenvalue weighted by Crippen LogP contribution is -2.45. The standard InChI is InChI=1S/C17H19N3O5/c1-11-9-19(10-12(2)24-11)14-6-4-3-5-13(14)18-17(21)15-7-8-16(25-15)20(22)23/h3-8,11-12H,9-10H2,1-2H3,(H,18,21)/t11-,12-/m1/s1. The normalized spacial score (nSPS) is 20.3. The molecule has 132 valence electrons. The van der Waals surface area contributed by atoms with E-state index in [0.29, 0.717) is 18.8 Å². The summed E-state index contributed by atoms with van der Waals surface area (Å²) >= 11 is 0. The molecule has 2 aromatic rings. The monoisotopic (exact) mass is 345 g/mol. The summed E-state index contributed by atoms with van der Waals surface area (Å²) in [5.41, 5.74) is 1.49. The number of ether oxygens (including phenoxy) is 1. The molecule has 1 N–H and O–H groups in total. The lowest BCUT2D eigenvalue weighted by atomic mass is 10.1. The third kappa shape index (κ3) is 3.80. The lowest BCUT2D eigenvalue weighted by molar-refractivity contribution is -0.402. The molecule has 1 saturated heterocycles. The van der Waals surface area contributed by atoms with Crippen molar-refractivity contribution >= 4 is 23.2 Å². The Balaban J connectivity index is 1.80. The van der Waals surface area contributed by atoms with Gasteiger partial charge in [0, 0.05) is 13.1 Å². The highest BCUT2D eigenvalue weighted by molar-refractivity contribution is 6.04. The summed E-state index contributed by atoms with van der Waals surface area (Å²) in [5.74, 6) is -1.10. The molecule has 0 radical (unpaired) electrons. The van der Waals surface area contributed by atoms with Gasteiger partial charge in [-0.25, -0.2) is 0 Å². The van der Waals surface area contributed by atoms with Crippen LogP contribution in [-0.2, 0) is 4.74 Å². The molecular formula is C17H19N3O5. The molecule has 8 heteroatoms. The Labute approximate surface area is 144 Å². The highest BCUT2D eigenvalue weighted by Crippen LogP contribution is 2.29. The van der Waals surface area contributed by atoms with Gasteiger partial charge in [-0.05, 0) is 32.0 Å². The zero-order valence-electron chi connectivity index (χ0n) is 14.0. The van der Waals surface area contributed by atoms with Gasteiger partial charge in [0.05, 0.1) is 29.6 Å². The van der Waals surface area contributed by atoms with Gasteiger partial charge in [0.2, 0.25) is 0 Å². The summed E-state index contributed by atoms with van der Waals surface area (Å²) in [6, 6.07) is 9.87. The zero-order chi connectivity index (χ0) is 18.0. The van der Waals surface area contributed by atoms with E-state index in [9.17, 15) is 14.9 Å². The minimum atomic E-state index is -0.679. The van der Waals surface area contributed by atoms with Crippen LogP contribution >= 0.6 is 0 Å². The number of hydrogen-bond acceptors (Lipinski definition) is 6. The number of para-hydroxylation sites is 2. The molecule has 3 rings (SSSR count). The SMILES string of the molecule is C[C@@H]1CN(c2ccccc2NC(=O)c2ccc([N+](=O)[O-])o2)C[C@@H](C)O1. The average molecular weight is 345 g/mol. The third-order valence-corrected chi connectivity index (χ3v) is 3.91. The highest BCUT2D eigenvalue weighted by Gasteiger charge is 2.25. The van der Waals surface area contributed by atoms with Crippen molar-refractivity contribution in [3.05, 3.63) is 52.3 Å². The van der Waals surface area contributed by atoms with Crippen LogP contribution in [0.5, 0.6) is 0 Å². The Kier molecular flexibility index (Phi) is 4.71. The van der Waals surface area contributed by atoms with Crippen molar-refractivity contribution in [2.45, 2.75) is 26.1 Å². The first-order chi connectivity index (χ1) is 11.9. The number of hydrogen-bond donors (Lipinski definition) is 1. The average Bonchev–Trinajstić information content (AvgIpc) is 3.05. The molecule has 1 aromatic heterocycles. The number of nitrogens with one attached hydrogen (secondary N) is 1. The van der Waals surface area contributed by atoms with Crippen molar-refractivity contribution in [1.29, 1.82) is 0 Å². The largest absolute Gasteiger partial charge is 0.433 e. The van der Waals surface area contributed by atoms with Crippen LogP contribution in [-0.4, -0.2) is 36.1 Å². The lowest BCUT2D eigenvalue weighted by Gasteiger charge is -2.37. The van der Waals surface area contributed by atoms with E-state index in [1.807, 2.05) is 32.0 Å². The van der Waals surface area contributed by atoms with E-state index in [1.54, 1.807) is 6.07 Å². The van der Waals surface area contributed by atoms with E-state index in [1.165, 1.54) is 6.07 Å². The van der Waals surface area contributed by atoms with Crippen LogP contribution in [0.3, 0.4) is 0 Å². The van der Waals surface area contributed by atoms with Gasteiger partial charge in [-0.3, -0.25) is 14.9 Å². The van der Waals surface area contributed by atoms with Crippen molar-refractivity contribution in [2.75, 3.05) is 23.3 Å². The van der Waals surface area contributed by atoms with E-state index >= 15 is 0 Å². The van der Waals surface area contributed by atoms with Crippen LogP contribution in [0.15, 0.2) is 40.8 Å². The number of amides is 1. The Bertz CT molecular complexity index is 778. The van der Waals surface area contributed by atoms with Gasteiger partial charge in [0.1, 0.15) is 4.92 Å².